The van der Waals surface area contributed by atoms with E-state index in [4.69, 9.17) is 4.74 Å². The molecule has 0 aliphatic carbocycles. The molecule has 0 bridgehead atoms. The van der Waals surface area contributed by atoms with Gasteiger partial charge in [-0.1, -0.05) is 12.1 Å². The van der Waals surface area contributed by atoms with E-state index in [-0.39, 0.29) is 11.3 Å². The Labute approximate surface area is 141 Å². The molecule has 0 aliphatic rings. The lowest BCUT2D eigenvalue weighted by molar-refractivity contribution is -0.137. The molecule has 4 nitrogen and oxygen atoms in total. The fraction of sp³-hybridized carbons (Fsp3) is 0.111. The van der Waals surface area contributed by atoms with Crippen LogP contribution in [0.2, 0.25) is 0 Å². The van der Waals surface area contributed by atoms with Crippen molar-refractivity contribution in [3.8, 4) is 22.8 Å². The van der Waals surface area contributed by atoms with E-state index in [1.54, 1.807) is 30.3 Å². The molecule has 0 radical (unpaired) electrons. The van der Waals surface area contributed by atoms with Gasteiger partial charge in [0, 0.05) is 18.7 Å². The Morgan fingerprint density at radius 2 is 1.64 bits per heavy atom. The van der Waals surface area contributed by atoms with Crippen LogP contribution in [0.3, 0.4) is 0 Å². The van der Waals surface area contributed by atoms with E-state index < -0.39 is 11.7 Å². The highest BCUT2D eigenvalue weighted by Crippen LogP contribution is 2.34. The van der Waals surface area contributed by atoms with Gasteiger partial charge in [0.15, 0.2) is 0 Å². The Bertz CT molecular complexity index is 948. The highest BCUT2D eigenvalue weighted by atomic mass is 19.4. The maximum absolute atomic E-state index is 12.6. The molecule has 1 aromatic heterocycles. The fourth-order valence-electron chi connectivity index (χ4n) is 2.25. The summed E-state index contributed by atoms with van der Waals surface area (Å²) in [6, 6.07) is 14.3. The second-order valence-electron chi connectivity index (χ2n) is 5.30. The Morgan fingerprint density at radius 3 is 2.28 bits per heavy atom. The molecule has 0 spiro atoms. The van der Waals surface area contributed by atoms with Crippen LogP contribution in [0.25, 0.3) is 11.3 Å². The Balaban J connectivity index is 1.93. The van der Waals surface area contributed by atoms with Crippen molar-refractivity contribution >= 4 is 0 Å². The van der Waals surface area contributed by atoms with E-state index in [1.165, 1.54) is 29.9 Å². The number of halogens is 3. The highest BCUT2D eigenvalue weighted by molar-refractivity contribution is 5.67. The number of hydrogen-bond acceptors (Lipinski definition) is 3. The molecule has 0 unspecified atom stereocenters. The monoisotopic (exact) mass is 346 g/mol. The second kappa shape index (κ2) is 6.43. The number of benzene rings is 2. The van der Waals surface area contributed by atoms with Gasteiger partial charge in [0.1, 0.15) is 11.5 Å². The third kappa shape index (κ3) is 3.71. The van der Waals surface area contributed by atoms with E-state index in [9.17, 15) is 18.0 Å². The molecular formula is C18H13F3N2O2. The number of aromatic nitrogens is 2. The fourth-order valence-corrected chi connectivity index (χ4v) is 2.25. The van der Waals surface area contributed by atoms with Gasteiger partial charge < -0.3 is 4.74 Å². The van der Waals surface area contributed by atoms with Crippen LogP contribution in [-0.4, -0.2) is 9.78 Å². The van der Waals surface area contributed by atoms with Gasteiger partial charge in [0.25, 0.3) is 5.56 Å². The maximum atomic E-state index is 12.6. The predicted octanol–water partition coefficient (Wildman–Crippen LogP) is 4.26. The number of alkyl halides is 3. The third-order valence-electron chi connectivity index (χ3n) is 3.53. The predicted molar refractivity (Wildman–Crippen MR) is 86.4 cm³/mol. The van der Waals surface area contributed by atoms with Gasteiger partial charge in [0.05, 0.1) is 11.3 Å². The van der Waals surface area contributed by atoms with E-state index in [2.05, 4.69) is 5.10 Å². The van der Waals surface area contributed by atoms with Crippen molar-refractivity contribution in [2.45, 2.75) is 6.18 Å². The first-order valence-corrected chi connectivity index (χ1v) is 7.33. The van der Waals surface area contributed by atoms with Crippen LogP contribution in [-0.2, 0) is 13.2 Å². The molecule has 3 aromatic rings. The molecular weight excluding hydrogens is 333 g/mol. The zero-order chi connectivity index (χ0) is 18.0. The van der Waals surface area contributed by atoms with Crippen molar-refractivity contribution in [1.29, 1.82) is 0 Å². The summed E-state index contributed by atoms with van der Waals surface area (Å²) in [7, 11) is 1.53. The smallest absolute Gasteiger partial charge is 0.416 e. The molecule has 0 saturated heterocycles. The number of para-hydroxylation sites is 1. The summed E-state index contributed by atoms with van der Waals surface area (Å²) in [5, 5.41) is 4.17. The van der Waals surface area contributed by atoms with Gasteiger partial charge in [-0.15, -0.1) is 0 Å². The molecule has 1 heterocycles. The summed E-state index contributed by atoms with van der Waals surface area (Å²) in [6.07, 6.45) is -4.39. The lowest BCUT2D eigenvalue weighted by atomic mass is 10.1. The van der Waals surface area contributed by atoms with Crippen LogP contribution in [0.5, 0.6) is 11.5 Å². The van der Waals surface area contributed by atoms with Crippen molar-refractivity contribution in [3.05, 3.63) is 76.6 Å². The van der Waals surface area contributed by atoms with E-state index in [0.717, 1.165) is 12.1 Å². The molecule has 0 amide bonds. The van der Waals surface area contributed by atoms with Crippen molar-refractivity contribution in [3.63, 3.8) is 0 Å². The summed E-state index contributed by atoms with van der Waals surface area (Å²) in [5.74, 6) is 0.693. The van der Waals surface area contributed by atoms with Gasteiger partial charge in [-0.3, -0.25) is 4.79 Å². The largest absolute Gasteiger partial charge is 0.457 e. The average Bonchev–Trinajstić information content (AvgIpc) is 2.58. The quantitative estimate of drug-likeness (QED) is 0.712. The van der Waals surface area contributed by atoms with Gasteiger partial charge in [-0.2, -0.15) is 18.3 Å². The number of ether oxygens (including phenoxy) is 1. The van der Waals surface area contributed by atoms with Crippen LogP contribution in [0.1, 0.15) is 5.56 Å². The van der Waals surface area contributed by atoms with Crippen LogP contribution >= 0.6 is 0 Å². The average molecular weight is 346 g/mol. The molecule has 7 heteroatoms. The van der Waals surface area contributed by atoms with E-state index >= 15 is 0 Å². The maximum Gasteiger partial charge on any atom is 0.416 e. The van der Waals surface area contributed by atoms with Crippen molar-refractivity contribution < 1.29 is 17.9 Å². The Kier molecular flexibility index (Phi) is 4.31. The van der Waals surface area contributed by atoms with Crippen LogP contribution in [0.4, 0.5) is 13.2 Å². The van der Waals surface area contributed by atoms with Crippen molar-refractivity contribution in [1.82, 2.24) is 9.78 Å². The molecule has 128 valence electrons. The standard InChI is InChI=1S/C18H13F3N2O2/c1-23-17(24)11-10-15(22-23)14-4-2-3-5-16(14)25-13-8-6-12(7-9-13)18(19,20)21/h2-11H,1H3. The number of aryl methyl sites for hydroxylation is 1. The zero-order valence-electron chi connectivity index (χ0n) is 13.1. The summed E-state index contributed by atoms with van der Waals surface area (Å²) >= 11 is 0. The van der Waals surface area contributed by atoms with Gasteiger partial charge in [-0.05, 0) is 42.5 Å². The lowest BCUT2D eigenvalue weighted by Gasteiger charge is -2.12. The van der Waals surface area contributed by atoms with Gasteiger partial charge >= 0.3 is 6.18 Å². The highest BCUT2D eigenvalue weighted by Gasteiger charge is 2.30. The molecule has 0 aliphatic heterocycles. The molecule has 25 heavy (non-hydrogen) atoms. The summed E-state index contributed by atoms with van der Waals surface area (Å²) in [6.45, 7) is 0. The Morgan fingerprint density at radius 1 is 0.960 bits per heavy atom. The molecule has 0 atom stereocenters. The molecule has 2 aromatic carbocycles. The van der Waals surface area contributed by atoms with Crippen molar-refractivity contribution in [2.75, 3.05) is 0 Å². The van der Waals surface area contributed by atoms with E-state index in [0.29, 0.717) is 17.0 Å². The molecule has 0 fully saturated rings. The Hall–Kier alpha value is -3.09. The third-order valence-corrected chi connectivity index (χ3v) is 3.53. The van der Waals surface area contributed by atoms with Gasteiger partial charge in [-0.25, -0.2) is 4.68 Å². The topological polar surface area (TPSA) is 44.1 Å². The summed E-state index contributed by atoms with van der Waals surface area (Å²) in [5.41, 5.74) is 0.153. The lowest BCUT2D eigenvalue weighted by Crippen LogP contribution is -2.18. The minimum absolute atomic E-state index is 0.245. The number of hydrogen-bond donors (Lipinski definition) is 0. The van der Waals surface area contributed by atoms with Crippen LogP contribution in [0.15, 0.2) is 65.5 Å². The normalized spacial score (nSPS) is 11.4. The minimum atomic E-state index is -4.39. The summed E-state index contributed by atoms with van der Waals surface area (Å²) in [4.78, 5) is 11.5. The van der Waals surface area contributed by atoms with Crippen LogP contribution < -0.4 is 10.3 Å². The molecule has 0 saturated carbocycles. The molecule has 3 rings (SSSR count). The second-order valence-corrected chi connectivity index (χ2v) is 5.30. The van der Waals surface area contributed by atoms with Crippen molar-refractivity contribution in [2.24, 2.45) is 7.05 Å². The number of rotatable bonds is 3. The molecule has 0 N–H and O–H groups in total. The van der Waals surface area contributed by atoms with Crippen LogP contribution in [0, 0.1) is 0 Å². The first kappa shape index (κ1) is 16.8. The zero-order valence-corrected chi connectivity index (χ0v) is 13.1. The first-order chi connectivity index (χ1) is 11.8. The summed E-state index contributed by atoms with van der Waals surface area (Å²) < 4.78 is 44.8. The van der Waals surface area contributed by atoms with E-state index in [1.807, 2.05) is 0 Å². The van der Waals surface area contributed by atoms with Gasteiger partial charge in [0.2, 0.25) is 0 Å². The minimum Gasteiger partial charge on any atom is -0.457 e. The SMILES string of the molecule is Cn1nc(-c2ccccc2Oc2ccc(C(F)(F)F)cc2)ccc1=O. The number of nitrogens with zero attached hydrogens (tertiary/aromatic N) is 2. The first-order valence-electron chi connectivity index (χ1n) is 7.33.